The van der Waals surface area contributed by atoms with Crippen molar-refractivity contribution in [3.05, 3.63) is 59.7 Å². The zero-order valence-corrected chi connectivity index (χ0v) is 16.0. The number of rotatable bonds is 4. The van der Waals surface area contributed by atoms with Gasteiger partial charge in [0.25, 0.3) is 11.8 Å². The third-order valence-corrected chi connectivity index (χ3v) is 5.57. The van der Waals surface area contributed by atoms with Crippen molar-refractivity contribution < 1.29 is 14.3 Å². The zero-order chi connectivity index (χ0) is 19.5. The van der Waals surface area contributed by atoms with Crippen LogP contribution in [-0.2, 0) is 0 Å². The molecule has 2 N–H and O–H groups in total. The fraction of sp³-hybridized carbons (Fsp3) is 0.364. The molecule has 2 atom stereocenters. The molecule has 28 heavy (non-hydrogen) atoms. The van der Waals surface area contributed by atoms with Gasteiger partial charge in [0.1, 0.15) is 5.75 Å². The summed E-state index contributed by atoms with van der Waals surface area (Å²) in [5.74, 6) is 0.413. The highest BCUT2D eigenvalue weighted by Crippen LogP contribution is 2.24. The second kappa shape index (κ2) is 8.02. The van der Waals surface area contributed by atoms with Crippen molar-refractivity contribution in [3.8, 4) is 5.75 Å². The average molecular weight is 379 g/mol. The van der Waals surface area contributed by atoms with E-state index >= 15 is 0 Å². The SMILES string of the molecule is COc1ccc(C(=O)Nc2ccccc2C(=O)N2CCC3CCC(C2)N3)cc1. The van der Waals surface area contributed by atoms with Crippen LogP contribution in [0.3, 0.4) is 0 Å². The van der Waals surface area contributed by atoms with E-state index in [0.717, 1.165) is 25.9 Å². The number of anilines is 1. The lowest BCUT2D eigenvalue weighted by Gasteiger charge is -2.25. The van der Waals surface area contributed by atoms with Crippen molar-refractivity contribution in [2.75, 3.05) is 25.5 Å². The highest BCUT2D eigenvalue weighted by atomic mass is 16.5. The summed E-state index contributed by atoms with van der Waals surface area (Å²) in [6.07, 6.45) is 3.29. The monoisotopic (exact) mass is 379 g/mol. The van der Waals surface area contributed by atoms with Gasteiger partial charge < -0.3 is 20.3 Å². The van der Waals surface area contributed by atoms with Crippen molar-refractivity contribution >= 4 is 17.5 Å². The van der Waals surface area contributed by atoms with E-state index < -0.39 is 0 Å². The largest absolute Gasteiger partial charge is 0.497 e. The Bertz CT molecular complexity index is 866. The maximum absolute atomic E-state index is 13.2. The second-order valence-corrected chi connectivity index (χ2v) is 7.41. The van der Waals surface area contributed by atoms with Crippen molar-refractivity contribution in [3.63, 3.8) is 0 Å². The van der Waals surface area contributed by atoms with Gasteiger partial charge in [0, 0.05) is 30.7 Å². The minimum Gasteiger partial charge on any atom is -0.497 e. The van der Waals surface area contributed by atoms with E-state index in [9.17, 15) is 9.59 Å². The van der Waals surface area contributed by atoms with Gasteiger partial charge >= 0.3 is 0 Å². The molecule has 2 aromatic rings. The Balaban J connectivity index is 1.51. The van der Waals surface area contributed by atoms with Crippen LogP contribution in [0.15, 0.2) is 48.5 Å². The molecule has 0 aliphatic carbocycles. The summed E-state index contributed by atoms with van der Waals surface area (Å²) in [4.78, 5) is 27.7. The van der Waals surface area contributed by atoms with Crippen LogP contribution in [0.5, 0.6) is 5.75 Å². The summed E-state index contributed by atoms with van der Waals surface area (Å²) in [6, 6.07) is 15.0. The Morgan fingerprint density at radius 3 is 2.57 bits per heavy atom. The molecule has 6 heteroatoms. The maximum Gasteiger partial charge on any atom is 0.256 e. The first-order chi connectivity index (χ1) is 13.6. The van der Waals surface area contributed by atoms with Gasteiger partial charge in [0.2, 0.25) is 0 Å². The van der Waals surface area contributed by atoms with Gasteiger partial charge in [-0.05, 0) is 55.7 Å². The predicted octanol–water partition coefficient (Wildman–Crippen LogP) is 2.91. The van der Waals surface area contributed by atoms with Crippen molar-refractivity contribution in [1.29, 1.82) is 0 Å². The number of fused-ring (bicyclic) bond motifs is 2. The summed E-state index contributed by atoms with van der Waals surface area (Å²) < 4.78 is 5.13. The lowest BCUT2D eigenvalue weighted by Crippen LogP contribution is -2.39. The Labute approximate surface area is 164 Å². The molecule has 2 bridgehead atoms. The highest BCUT2D eigenvalue weighted by Gasteiger charge is 2.32. The van der Waals surface area contributed by atoms with Crippen LogP contribution < -0.4 is 15.4 Å². The fourth-order valence-electron chi connectivity index (χ4n) is 4.01. The molecule has 2 amide bonds. The number of para-hydroxylation sites is 1. The number of carbonyl (C=O) groups is 2. The van der Waals surface area contributed by atoms with Gasteiger partial charge in [0.05, 0.1) is 18.4 Å². The Morgan fingerprint density at radius 1 is 1.04 bits per heavy atom. The number of benzene rings is 2. The Hall–Kier alpha value is -2.86. The van der Waals surface area contributed by atoms with Gasteiger partial charge in [-0.2, -0.15) is 0 Å². The second-order valence-electron chi connectivity index (χ2n) is 7.41. The van der Waals surface area contributed by atoms with Crippen LogP contribution in [0.2, 0.25) is 0 Å². The van der Waals surface area contributed by atoms with Crippen LogP contribution in [-0.4, -0.2) is 49.0 Å². The number of methoxy groups -OCH3 is 1. The Kier molecular flexibility index (Phi) is 5.30. The zero-order valence-electron chi connectivity index (χ0n) is 16.0. The number of nitrogens with one attached hydrogen (secondary N) is 2. The van der Waals surface area contributed by atoms with Crippen molar-refractivity contribution in [1.82, 2.24) is 10.2 Å². The third kappa shape index (κ3) is 3.87. The van der Waals surface area contributed by atoms with Crippen LogP contribution in [0.25, 0.3) is 0 Å². The first-order valence-corrected chi connectivity index (χ1v) is 9.74. The van der Waals surface area contributed by atoms with Gasteiger partial charge in [-0.1, -0.05) is 12.1 Å². The molecule has 0 saturated carbocycles. The number of hydrogen-bond donors (Lipinski definition) is 2. The molecule has 6 nitrogen and oxygen atoms in total. The lowest BCUT2D eigenvalue weighted by atomic mass is 10.1. The van der Waals surface area contributed by atoms with Gasteiger partial charge in [-0.15, -0.1) is 0 Å². The third-order valence-electron chi connectivity index (χ3n) is 5.57. The number of likely N-dealkylation sites (tertiary alicyclic amines) is 1. The topological polar surface area (TPSA) is 70.7 Å². The quantitative estimate of drug-likeness (QED) is 0.857. The minimum absolute atomic E-state index is 0.0278. The average Bonchev–Trinajstić information content (AvgIpc) is 3.06. The molecule has 2 unspecified atom stereocenters. The molecule has 2 aliphatic heterocycles. The molecule has 0 radical (unpaired) electrons. The molecule has 4 rings (SSSR count). The van der Waals surface area contributed by atoms with E-state index in [1.807, 2.05) is 17.0 Å². The predicted molar refractivity (Wildman–Crippen MR) is 108 cm³/mol. The minimum atomic E-state index is -0.250. The van der Waals surface area contributed by atoms with Crippen LogP contribution in [0.1, 0.15) is 40.0 Å². The van der Waals surface area contributed by atoms with E-state index in [1.165, 1.54) is 6.42 Å². The van der Waals surface area contributed by atoms with Gasteiger partial charge in [0.15, 0.2) is 0 Å². The first-order valence-electron chi connectivity index (χ1n) is 9.74. The molecule has 0 spiro atoms. The molecule has 2 saturated heterocycles. The summed E-state index contributed by atoms with van der Waals surface area (Å²) in [6.45, 7) is 1.46. The summed E-state index contributed by atoms with van der Waals surface area (Å²) >= 11 is 0. The molecular weight excluding hydrogens is 354 g/mol. The van der Waals surface area contributed by atoms with Gasteiger partial charge in [-0.25, -0.2) is 0 Å². The molecule has 146 valence electrons. The summed E-state index contributed by atoms with van der Waals surface area (Å²) in [5, 5.41) is 6.48. The first kappa shape index (κ1) is 18.5. The summed E-state index contributed by atoms with van der Waals surface area (Å²) in [7, 11) is 1.58. The molecule has 2 heterocycles. The van der Waals surface area contributed by atoms with Crippen LogP contribution in [0.4, 0.5) is 5.69 Å². The van der Waals surface area contributed by atoms with Crippen LogP contribution >= 0.6 is 0 Å². The standard InChI is InChI=1S/C22H25N3O3/c1-28-18-10-6-15(7-11-18)21(26)24-20-5-3-2-4-19(20)22(27)25-13-12-16-8-9-17(14-25)23-16/h2-7,10-11,16-17,23H,8-9,12-14H2,1H3,(H,24,26). The molecule has 2 aliphatic rings. The van der Waals surface area contributed by atoms with E-state index in [-0.39, 0.29) is 11.8 Å². The van der Waals surface area contributed by atoms with Gasteiger partial charge in [-0.3, -0.25) is 9.59 Å². The fourth-order valence-corrected chi connectivity index (χ4v) is 4.01. The Morgan fingerprint density at radius 2 is 1.79 bits per heavy atom. The molecule has 2 aromatic carbocycles. The number of carbonyl (C=O) groups excluding carboxylic acids is 2. The maximum atomic E-state index is 13.2. The van der Waals surface area contributed by atoms with E-state index in [2.05, 4.69) is 10.6 Å². The highest BCUT2D eigenvalue weighted by molar-refractivity contribution is 6.09. The van der Waals surface area contributed by atoms with E-state index in [1.54, 1.807) is 43.5 Å². The number of nitrogens with zero attached hydrogens (tertiary/aromatic N) is 1. The molecule has 2 fully saturated rings. The normalized spacial score (nSPS) is 21.1. The van der Waals surface area contributed by atoms with Crippen LogP contribution in [0, 0.1) is 0 Å². The molecular formula is C22H25N3O3. The number of ether oxygens (including phenoxy) is 1. The van der Waals surface area contributed by atoms with Crippen molar-refractivity contribution in [2.45, 2.75) is 31.3 Å². The van der Waals surface area contributed by atoms with E-state index in [0.29, 0.717) is 34.6 Å². The number of hydrogen-bond acceptors (Lipinski definition) is 4. The summed E-state index contributed by atoms with van der Waals surface area (Å²) in [5.41, 5.74) is 1.58. The number of amides is 2. The molecule has 0 aromatic heterocycles. The smallest absolute Gasteiger partial charge is 0.256 e. The van der Waals surface area contributed by atoms with Crippen molar-refractivity contribution in [2.24, 2.45) is 0 Å². The van der Waals surface area contributed by atoms with E-state index in [4.69, 9.17) is 4.74 Å². The lowest BCUT2D eigenvalue weighted by molar-refractivity contribution is 0.0749.